The van der Waals surface area contributed by atoms with Gasteiger partial charge in [0.25, 0.3) is 5.91 Å². The molecule has 0 aliphatic carbocycles. The molecule has 1 aromatic heterocycles. The van der Waals surface area contributed by atoms with Gasteiger partial charge in [-0.05, 0) is 41.5 Å². The van der Waals surface area contributed by atoms with Gasteiger partial charge in [0, 0.05) is 31.7 Å². The third-order valence-corrected chi connectivity index (χ3v) is 6.05. The second-order valence-electron chi connectivity index (χ2n) is 8.22. The van der Waals surface area contributed by atoms with Crippen LogP contribution in [0.2, 0.25) is 0 Å². The first-order valence-corrected chi connectivity index (χ1v) is 11.2. The molecule has 1 aliphatic heterocycles. The number of benzene rings is 3. The van der Waals surface area contributed by atoms with Crippen LogP contribution in [0.4, 0.5) is 11.4 Å². The summed E-state index contributed by atoms with van der Waals surface area (Å²) in [4.78, 5) is 20.0. The topological polar surface area (TPSA) is 85.4 Å². The van der Waals surface area contributed by atoms with Gasteiger partial charge in [-0.15, -0.1) is 0 Å². The lowest BCUT2D eigenvalue weighted by atomic mass is 10.0. The van der Waals surface area contributed by atoms with Crippen molar-refractivity contribution in [2.24, 2.45) is 0 Å². The van der Waals surface area contributed by atoms with Gasteiger partial charge in [0.1, 0.15) is 0 Å². The Kier molecular flexibility index (Phi) is 6.06. The Morgan fingerprint density at radius 3 is 2.61 bits per heavy atom. The molecule has 0 radical (unpaired) electrons. The van der Waals surface area contributed by atoms with E-state index in [-0.39, 0.29) is 5.91 Å². The van der Waals surface area contributed by atoms with E-state index in [1.54, 1.807) is 6.07 Å². The number of hydrogen-bond donors (Lipinski definition) is 2. The van der Waals surface area contributed by atoms with Gasteiger partial charge in [-0.2, -0.15) is 0 Å². The number of nitrogens with two attached hydrogens (primary N) is 1. The molecule has 7 heteroatoms. The molecule has 1 saturated heterocycles. The van der Waals surface area contributed by atoms with Gasteiger partial charge in [0.2, 0.25) is 0 Å². The van der Waals surface area contributed by atoms with Gasteiger partial charge in [-0.3, -0.25) is 9.69 Å². The molecule has 0 saturated carbocycles. The Labute approximate surface area is 192 Å². The molecule has 168 valence electrons. The summed E-state index contributed by atoms with van der Waals surface area (Å²) in [6, 6.07) is 21.3. The van der Waals surface area contributed by atoms with E-state index in [0.29, 0.717) is 16.9 Å². The maximum Gasteiger partial charge on any atom is 0.255 e. The number of imidazole rings is 1. The van der Waals surface area contributed by atoms with E-state index in [1.807, 2.05) is 67.0 Å². The fraction of sp³-hybridized carbons (Fsp3) is 0.231. The summed E-state index contributed by atoms with van der Waals surface area (Å²) >= 11 is 0. The second-order valence-corrected chi connectivity index (χ2v) is 8.22. The molecule has 1 fully saturated rings. The third-order valence-electron chi connectivity index (χ3n) is 6.05. The van der Waals surface area contributed by atoms with Crippen molar-refractivity contribution >= 4 is 28.3 Å². The van der Waals surface area contributed by atoms with E-state index in [1.165, 1.54) is 0 Å². The number of fused-ring (bicyclic) bond motifs is 1. The van der Waals surface area contributed by atoms with Crippen LogP contribution in [0.15, 0.2) is 73.1 Å². The van der Waals surface area contributed by atoms with Crippen LogP contribution in [0.25, 0.3) is 22.2 Å². The van der Waals surface area contributed by atoms with Crippen molar-refractivity contribution < 1.29 is 9.53 Å². The summed E-state index contributed by atoms with van der Waals surface area (Å²) < 4.78 is 7.53. The van der Waals surface area contributed by atoms with Gasteiger partial charge in [-0.25, -0.2) is 4.98 Å². The van der Waals surface area contributed by atoms with Crippen LogP contribution in [0.5, 0.6) is 0 Å². The number of aromatic nitrogens is 2. The van der Waals surface area contributed by atoms with Gasteiger partial charge in [0.15, 0.2) is 0 Å². The first-order chi connectivity index (χ1) is 16.2. The highest BCUT2D eigenvalue weighted by Gasteiger charge is 2.14. The highest BCUT2D eigenvalue weighted by Crippen LogP contribution is 2.28. The Hall–Kier alpha value is -3.68. The molecule has 33 heavy (non-hydrogen) atoms. The smallest absolute Gasteiger partial charge is 0.255 e. The number of nitrogens with one attached hydrogen (secondary N) is 1. The monoisotopic (exact) mass is 441 g/mol. The van der Waals surface area contributed by atoms with Gasteiger partial charge < -0.3 is 20.4 Å². The number of carbonyl (C=O) groups is 1. The van der Waals surface area contributed by atoms with Crippen LogP contribution in [0.3, 0.4) is 0 Å². The van der Waals surface area contributed by atoms with E-state index >= 15 is 0 Å². The van der Waals surface area contributed by atoms with Crippen molar-refractivity contribution in [2.75, 3.05) is 43.9 Å². The quantitative estimate of drug-likeness (QED) is 0.444. The second kappa shape index (κ2) is 9.44. The highest BCUT2D eigenvalue weighted by atomic mass is 16.5. The van der Waals surface area contributed by atoms with Crippen molar-refractivity contribution in [3.05, 3.63) is 78.6 Å². The molecule has 0 bridgehead atoms. The fourth-order valence-electron chi connectivity index (χ4n) is 4.12. The first kappa shape index (κ1) is 21.2. The van der Waals surface area contributed by atoms with Crippen LogP contribution in [0.1, 0.15) is 10.4 Å². The summed E-state index contributed by atoms with van der Waals surface area (Å²) in [7, 11) is 0. The van der Waals surface area contributed by atoms with Crippen LogP contribution in [-0.4, -0.2) is 53.2 Å². The Morgan fingerprint density at radius 1 is 0.970 bits per heavy atom. The number of anilines is 2. The predicted molar refractivity (Wildman–Crippen MR) is 131 cm³/mol. The lowest BCUT2D eigenvalue weighted by molar-refractivity contribution is 0.0365. The summed E-state index contributed by atoms with van der Waals surface area (Å²) in [5.74, 6) is -0.199. The van der Waals surface area contributed by atoms with Crippen molar-refractivity contribution in [1.82, 2.24) is 14.5 Å². The number of hydrogen-bond acceptors (Lipinski definition) is 5. The molecule has 2 heterocycles. The molecule has 3 N–H and O–H groups in total. The highest BCUT2D eigenvalue weighted by molar-refractivity contribution is 6.07. The van der Waals surface area contributed by atoms with Crippen molar-refractivity contribution in [2.45, 2.75) is 6.54 Å². The maximum absolute atomic E-state index is 13.1. The zero-order chi connectivity index (χ0) is 22.6. The largest absolute Gasteiger partial charge is 0.397 e. The minimum Gasteiger partial charge on any atom is -0.397 e. The number of nitrogens with zero attached hydrogens (tertiary/aromatic N) is 3. The van der Waals surface area contributed by atoms with E-state index in [2.05, 4.69) is 19.8 Å². The van der Waals surface area contributed by atoms with Crippen LogP contribution >= 0.6 is 0 Å². The standard InChI is InChI=1S/C26H27N5O2/c27-22-8-6-20(19-4-2-1-3-5-19)16-24(22)29-26(32)21-7-9-23-25(17-21)31(18-28-23)11-10-30-12-14-33-15-13-30/h1-9,16-18H,10-15,27H2,(H,29,32). The summed E-state index contributed by atoms with van der Waals surface area (Å²) in [5, 5.41) is 2.98. The molecule has 4 aromatic rings. The Balaban J connectivity index is 1.34. The normalized spacial score (nSPS) is 14.4. The molecule has 0 unspecified atom stereocenters. The number of morpholine rings is 1. The molecule has 0 atom stereocenters. The zero-order valence-corrected chi connectivity index (χ0v) is 18.4. The van der Waals surface area contributed by atoms with E-state index in [9.17, 15) is 4.79 Å². The lowest BCUT2D eigenvalue weighted by Gasteiger charge is -2.26. The molecule has 0 spiro atoms. The summed E-state index contributed by atoms with van der Waals surface area (Å²) in [6.07, 6.45) is 1.84. The number of ether oxygens (including phenoxy) is 1. The van der Waals surface area contributed by atoms with Crippen molar-refractivity contribution in [3.63, 3.8) is 0 Å². The molecule has 1 aliphatic rings. The molecule has 3 aromatic carbocycles. The van der Waals surface area contributed by atoms with Crippen LogP contribution in [-0.2, 0) is 11.3 Å². The average Bonchev–Trinajstić information content (AvgIpc) is 3.27. The van der Waals surface area contributed by atoms with Gasteiger partial charge in [0.05, 0.1) is 41.9 Å². The van der Waals surface area contributed by atoms with Gasteiger partial charge in [-0.1, -0.05) is 36.4 Å². The van der Waals surface area contributed by atoms with E-state index < -0.39 is 0 Å². The predicted octanol–water partition coefficient (Wildman–Crippen LogP) is 3.87. The number of nitrogen functional groups attached to an aromatic ring is 1. The number of carbonyl (C=O) groups excluding carboxylic acids is 1. The summed E-state index contributed by atoms with van der Waals surface area (Å²) in [6.45, 7) is 5.20. The van der Waals surface area contributed by atoms with E-state index in [4.69, 9.17) is 10.5 Å². The van der Waals surface area contributed by atoms with Crippen molar-refractivity contribution in [3.8, 4) is 11.1 Å². The molecular weight excluding hydrogens is 414 g/mol. The van der Waals surface area contributed by atoms with Gasteiger partial charge >= 0.3 is 0 Å². The average molecular weight is 442 g/mol. The molecule has 7 nitrogen and oxygen atoms in total. The Morgan fingerprint density at radius 2 is 1.79 bits per heavy atom. The molecule has 5 rings (SSSR count). The SMILES string of the molecule is Nc1ccc(-c2ccccc2)cc1NC(=O)c1ccc2ncn(CCN3CCOCC3)c2c1. The molecular formula is C26H27N5O2. The minimum absolute atomic E-state index is 0.199. The van der Waals surface area contributed by atoms with Crippen LogP contribution in [0, 0.1) is 0 Å². The summed E-state index contributed by atoms with van der Waals surface area (Å²) in [5.41, 5.74) is 11.7. The van der Waals surface area contributed by atoms with E-state index in [0.717, 1.165) is 61.6 Å². The Bertz CT molecular complexity index is 1260. The minimum atomic E-state index is -0.199. The molecule has 1 amide bonds. The first-order valence-electron chi connectivity index (χ1n) is 11.2. The maximum atomic E-state index is 13.1. The van der Waals surface area contributed by atoms with Crippen molar-refractivity contribution in [1.29, 1.82) is 0 Å². The van der Waals surface area contributed by atoms with Crippen LogP contribution < -0.4 is 11.1 Å². The number of amides is 1. The third kappa shape index (κ3) is 4.74. The lowest BCUT2D eigenvalue weighted by Crippen LogP contribution is -2.38. The zero-order valence-electron chi connectivity index (χ0n) is 18.4. The fourth-order valence-corrected chi connectivity index (χ4v) is 4.12. The number of rotatable bonds is 6.